The highest BCUT2D eigenvalue weighted by Crippen LogP contribution is 2.33. The third kappa shape index (κ3) is 5.09. The molecule has 0 saturated carbocycles. The molecule has 0 aliphatic heterocycles. The molecule has 6 nitrogen and oxygen atoms in total. The molecule has 156 valence electrons. The summed E-state index contributed by atoms with van der Waals surface area (Å²) in [4.78, 5) is 10.7. The van der Waals surface area contributed by atoms with Crippen molar-refractivity contribution in [1.29, 1.82) is 0 Å². The van der Waals surface area contributed by atoms with Gasteiger partial charge in [-0.3, -0.25) is 4.72 Å². The zero-order chi connectivity index (χ0) is 21.9. The van der Waals surface area contributed by atoms with Crippen molar-refractivity contribution < 1.29 is 36.2 Å². The molecule has 0 amide bonds. The molecule has 0 fully saturated rings. The normalized spacial score (nSPS) is 11.7. The first-order valence-electron chi connectivity index (χ1n) is 8.36. The van der Waals surface area contributed by atoms with Gasteiger partial charge in [0.25, 0.3) is 10.0 Å². The second-order valence-electron chi connectivity index (χ2n) is 6.09. The fourth-order valence-electron chi connectivity index (χ4n) is 2.45. The van der Waals surface area contributed by atoms with Gasteiger partial charge in [0, 0.05) is 5.69 Å². The molecule has 0 saturated heterocycles. The maximum atomic E-state index is 12.8. The smallest absolute Gasteiger partial charge is 0.416 e. The zero-order valence-corrected chi connectivity index (χ0v) is 15.9. The Kier molecular flexibility index (Phi) is 5.70. The van der Waals surface area contributed by atoms with E-state index in [0.717, 1.165) is 24.3 Å². The molecule has 0 bridgehead atoms. The lowest BCUT2D eigenvalue weighted by atomic mass is 10.2. The number of hydrogen-bond acceptors (Lipinski definition) is 4. The summed E-state index contributed by atoms with van der Waals surface area (Å²) in [6, 6.07) is 14.6. The first kappa shape index (κ1) is 21.2. The highest BCUT2D eigenvalue weighted by molar-refractivity contribution is 7.92. The first-order valence-corrected chi connectivity index (χ1v) is 9.84. The van der Waals surface area contributed by atoms with Gasteiger partial charge in [0.1, 0.15) is 11.5 Å². The van der Waals surface area contributed by atoms with Crippen LogP contribution < -0.4 is 9.46 Å². The minimum atomic E-state index is -4.50. The highest BCUT2D eigenvalue weighted by Gasteiger charge is 2.30. The number of aromatic carboxylic acids is 1. The number of benzene rings is 3. The van der Waals surface area contributed by atoms with E-state index in [0.29, 0.717) is 0 Å². The van der Waals surface area contributed by atoms with Gasteiger partial charge in [-0.15, -0.1) is 0 Å². The van der Waals surface area contributed by atoms with Crippen LogP contribution in [0.15, 0.2) is 77.7 Å². The van der Waals surface area contributed by atoms with Gasteiger partial charge in [0.2, 0.25) is 0 Å². The average molecular weight is 437 g/mol. The molecule has 0 aliphatic carbocycles. The molecule has 0 aliphatic rings. The van der Waals surface area contributed by atoms with Crippen LogP contribution in [0.2, 0.25) is 0 Å². The van der Waals surface area contributed by atoms with Gasteiger partial charge in [-0.1, -0.05) is 6.07 Å². The Balaban J connectivity index is 1.72. The van der Waals surface area contributed by atoms with E-state index in [9.17, 15) is 26.4 Å². The largest absolute Gasteiger partial charge is 0.478 e. The van der Waals surface area contributed by atoms with Crippen LogP contribution in [0.25, 0.3) is 0 Å². The van der Waals surface area contributed by atoms with Crippen LogP contribution in [0.4, 0.5) is 18.9 Å². The number of carboxylic acid groups (broad SMARTS) is 1. The van der Waals surface area contributed by atoms with Crippen LogP contribution in [-0.4, -0.2) is 19.5 Å². The Bertz CT molecular complexity index is 1160. The van der Waals surface area contributed by atoms with Gasteiger partial charge < -0.3 is 9.84 Å². The second-order valence-corrected chi connectivity index (χ2v) is 7.77. The maximum absolute atomic E-state index is 12.8. The SMILES string of the molecule is O=C(O)c1ccc(S(=O)(=O)Nc2ccc(Oc3cccc(C(F)(F)F)c3)cc2)cc1. The zero-order valence-electron chi connectivity index (χ0n) is 15.1. The lowest BCUT2D eigenvalue weighted by Crippen LogP contribution is -2.13. The molecular formula is C20H14F3NO5S. The molecule has 3 aromatic carbocycles. The molecule has 0 atom stereocenters. The molecule has 30 heavy (non-hydrogen) atoms. The second kappa shape index (κ2) is 8.07. The summed E-state index contributed by atoms with van der Waals surface area (Å²) in [5.74, 6) is -0.983. The summed E-state index contributed by atoms with van der Waals surface area (Å²) in [6.07, 6.45) is -4.50. The van der Waals surface area contributed by atoms with E-state index in [1.54, 1.807) is 0 Å². The number of carboxylic acids is 1. The number of nitrogens with one attached hydrogen (secondary N) is 1. The summed E-state index contributed by atoms with van der Waals surface area (Å²) < 4.78 is 70.8. The fourth-order valence-corrected chi connectivity index (χ4v) is 3.51. The number of halogens is 3. The van der Waals surface area contributed by atoms with Gasteiger partial charge in [-0.25, -0.2) is 13.2 Å². The summed E-state index contributed by atoms with van der Waals surface area (Å²) in [5.41, 5.74) is -0.711. The van der Waals surface area contributed by atoms with Crippen molar-refractivity contribution in [2.45, 2.75) is 11.1 Å². The van der Waals surface area contributed by atoms with Crippen LogP contribution in [0.3, 0.4) is 0 Å². The fraction of sp³-hybridized carbons (Fsp3) is 0.0500. The molecule has 2 N–H and O–H groups in total. The standard InChI is InChI=1S/C20H14F3NO5S/c21-20(22,23)14-2-1-3-17(12-14)29-16-8-6-15(7-9-16)24-30(27,28)18-10-4-13(5-11-18)19(25)26/h1-12,24H,(H,25,26). The van der Waals surface area contributed by atoms with Crippen molar-refractivity contribution in [1.82, 2.24) is 0 Å². The summed E-state index contributed by atoms with van der Waals surface area (Å²) in [5, 5.41) is 8.87. The first-order chi connectivity index (χ1) is 14.0. The number of carbonyl (C=O) groups is 1. The quantitative estimate of drug-likeness (QED) is 0.566. The third-order valence-corrected chi connectivity index (χ3v) is 5.31. The van der Waals surface area contributed by atoms with Crippen molar-refractivity contribution in [2.24, 2.45) is 0 Å². The van der Waals surface area contributed by atoms with E-state index < -0.39 is 27.7 Å². The minimum Gasteiger partial charge on any atom is -0.478 e. The number of sulfonamides is 1. The topological polar surface area (TPSA) is 92.7 Å². The molecule has 3 rings (SSSR count). The van der Waals surface area contributed by atoms with Crippen molar-refractivity contribution >= 4 is 21.7 Å². The number of hydrogen-bond donors (Lipinski definition) is 2. The van der Waals surface area contributed by atoms with Crippen molar-refractivity contribution in [3.63, 3.8) is 0 Å². The van der Waals surface area contributed by atoms with Gasteiger partial charge >= 0.3 is 12.1 Å². The van der Waals surface area contributed by atoms with Gasteiger partial charge in [0.05, 0.1) is 16.0 Å². The predicted octanol–water partition coefficient (Wildman–Crippen LogP) is 5.00. The molecule has 10 heteroatoms. The van der Waals surface area contributed by atoms with E-state index in [-0.39, 0.29) is 27.6 Å². The lowest BCUT2D eigenvalue weighted by molar-refractivity contribution is -0.137. The van der Waals surface area contributed by atoms with E-state index in [2.05, 4.69) is 4.72 Å². The Morgan fingerprint density at radius 1 is 0.900 bits per heavy atom. The Labute approximate surface area is 169 Å². The summed E-state index contributed by atoms with van der Waals surface area (Å²) in [7, 11) is -3.96. The molecule has 0 aromatic heterocycles. The van der Waals surface area contributed by atoms with Gasteiger partial charge in [-0.2, -0.15) is 13.2 Å². The van der Waals surface area contributed by atoms with Crippen molar-refractivity contribution in [3.8, 4) is 11.5 Å². The summed E-state index contributed by atoms with van der Waals surface area (Å²) in [6.45, 7) is 0. The third-order valence-electron chi connectivity index (χ3n) is 3.92. The molecule has 3 aromatic rings. The van der Waals surface area contributed by atoms with Crippen LogP contribution >= 0.6 is 0 Å². The van der Waals surface area contributed by atoms with E-state index in [4.69, 9.17) is 9.84 Å². The highest BCUT2D eigenvalue weighted by atomic mass is 32.2. The Morgan fingerprint density at radius 3 is 2.10 bits per heavy atom. The molecule has 0 spiro atoms. The molecular weight excluding hydrogens is 423 g/mol. The van der Waals surface area contributed by atoms with Crippen molar-refractivity contribution in [3.05, 3.63) is 83.9 Å². The van der Waals surface area contributed by atoms with Crippen molar-refractivity contribution in [2.75, 3.05) is 4.72 Å². The Morgan fingerprint density at radius 2 is 1.53 bits per heavy atom. The summed E-state index contributed by atoms with van der Waals surface area (Å²) >= 11 is 0. The van der Waals surface area contributed by atoms with Crippen LogP contribution in [0.5, 0.6) is 11.5 Å². The van der Waals surface area contributed by atoms with Gasteiger partial charge in [0.15, 0.2) is 0 Å². The predicted molar refractivity (Wildman–Crippen MR) is 102 cm³/mol. The lowest BCUT2D eigenvalue weighted by Gasteiger charge is -2.11. The van der Waals surface area contributed by atoms with E-state index >= 15 is 0 Å². The van der Waals surface area contributed by atoms with Crippen LogP contribution in [0, 0.1) is 0 Å². The van der Waals surface area contributed by atoms with Gasteiger partial charge in [-0.05, 0) is 66.7 Å². The minimum absolute atomic E-state index is 0.0170. The number of rotatable bonds is 6. The average Bonchev–Trinajstić information content (AvgIpc) is 2.69. The molecule has 0 unspecified atom stereocenters. The van der Waals surface area contributed by atoms with Crippen LogP contribution in [0.1, 0.15) is 15.9 Å². The maximum Gasteiger partial charge on any atom is 0.416 e. The molecule has 0 heterocycles. The monoisotopic (exact) mass is 437 g/mol. The number of anilines is 1. The van der Waals surface area contributed by atoms with Crippen LogP contribution in [-0.2, 0) is 16.2 Å². The number of alkyl halides is 3. The number of ether oxygens (including phenoxy) is 1. The van der Waals surface area contributed by atoms with E-state index in [1.165, 1.54) is 48.5 Å². The Hall–Kier alpha value is -3.53. The van der Waals surface area contributed by atoms with E-state index in [1.807, 2.05) is 0 Å². The molecule has 0 radical (unpaired) electrons.